The molecule has 3 heteroatoms. The molecule has 248 valence electrons. The van der Waals surface area contributed by atoms with Crippen LogP contribution >= 0.6 is 0 Å². The maximum atomic E-state index is 5.44. The van der Waals surface area contributed by atoms with Crippen molar-refractivity contribution in [1.82, 2.24) is 9.13 Å². The van der Waals surface area contributed by atoms with Crippen LogP contribution in [0.5, 0.6) is 0 Å². The SMILES string of the molecule is C/C=C(/N=C(/C=C(\C)c1ccccc1)c1ccccc1)n1c2ccccc2c2ccc(-c3ccc4c(c3)c3ccccc3n4-c3ccccc3)cc21. The fourth-order valence-corrected chi connectivity index (χ4v) is 7.55. The van der Waals surface area contributed by atoms with E-state index in [-0.39, 0.29) is 0 Å². The summed E-state index contributed by atoms with van der Waals surface area (Å²) in [5.41, 5.74) is 12.5. The molecule has 0 amide bonds. The highest BCUT2D eigenvalue weighted by Crippen LogP contribution is 2.38. The molecule has 0 aliphatic carbocycles. The van der Waals surface area contributed by atoms with Crippen molar-refractivity contribution in [3.8, 4) is 16.8 Å². The molecule has 3 nitrogen and oxygen atoms in total. The van der Waals surface area contributed by atoms with E-state index in [1.54, 1.807) is 0 Å². The number of hydrogen-bond donors (Lipinski definition) is 0. The van der Waals surface area contributed by atoms with Crippen LogP contribution < -0.4 is 0 Å². The average Bonchev–Trinajstić information content (AvgIpc) is 3.72. The zero-order chi connectivity index (χ0) is 35.0. The van der Waals surface area contributed by atoms with Gasteiger partial charge in [-0.2, -0.15) is 0 Å². The number of aliphatic imine (C=N–C) groups is 1. The maximum Gasteiger partial charge on any atom is 0.133 e. The lowest BCUT2D eigenvalue weighted by molar-refractivity contribution is 1.17. The molecule has 0 atom stereocenters. The van der Waals surface area contributed by atoms with E-state index < -0.39 is 0 Å². The van der Waals surface area contributed by atoms with Gasteiger partial charge < -0.3 is 4.57 Å². The largest absolute Gasteiger partial charge is 0.309 e. The van der Waals surface area contributed by atoms with Crippen molar-refractivity contribution in [2.75, 3.05) is 0 Å². The lowest BCUT2D eigenvalue weighted by Crippen LogP contribution is -2.02. The van der Waals surface area contributed by atoms with E-state index in [9.17, 15) is 0 Å². The molecule has 0 radical (unpaired) electrons. The number of para-hydroxylation sites is 3. The van der Waals surface area contributed by atoms with Crippen molar-refractivity contribution in [3.05, 3.63) is 199 Å². The molecule has 0 N–H and O–H groups in total. The Balaban J connectivity index is 1.23. The summed E-state index contributed by atoms with van der Waals surface area (Å²) in [6, 6.07) is 62.7. The Morgan fingerprint density at radius 3 is 1.73 bits per heavy atom. The van der Waals surface area contributed by atoms with Gasteiger partial charge in [0.1, 0.15) is 5.82 Å². The average molecular weight is 668 g/mol. The molecule has 2 aromatic heterocycles. The number of hydrogen-bond acceptors (Lipinski definition) is 1. The number of nitrogens with zero attached hydrogens (tertiary/aromatic N) is 3. The third-order valence-corrected chi connectivity index (χ3v) is 10.1. The Labute approximate surface area is 303 Å². The summed E-state index contributed by atoms with van der Waals surface area (Å²) in [6.45, 7) is 4.24. The number of aromatic nitrogens is 2. The van der Waals surface area contributed by atoms with E-state index in [4.69, 9.17) is 4.99 Å². The molecule has 0 aliphatic rings. The fraction of sp³-hybridized carbons (Fsp3) is 0.0408. The summed E-state index contributed by atoms with van der Waals surface area (Å²) in [4.78, 5) is 5.44. The van der Waals surface area contributed by atoms with Gasteiger partial charge in [0.15, 0.2) is 0 Å². The molecule has 7 aromatic carbocycles. The number of fused-ring (bicyclic) bond motifs is 6. The molecule has 52 heavy (non-hydrogen) atoms. The second-order valence-electron chi connectivity index (χ2n) is 13.2. The fourth-order valence-electron chi connectivity index (χ4n) is 7.55. The molecule has 0 spiro atoms. The monoisotopic (exact) mass is 667 g/mol. The highest BCUT2D eigenvalue weighted by molar-refractivity contribution is 6.16. The molecule has 0 saturated heterocycles. The molecule has 9 rings (SSSR count). The third-order valence-electron chi connectivity index (χ3n) is 10.1. The second-order valence-corrected chi connectivity index (χ2v) is 13.2. The first-order chi connectivity index (χ1) is 25.7. The van der Waals surface area contributed by atoms with Crippen molar-refractivity contribution >= 4 is 60.7 Å². The van der Waals surface area contributed by atoms with Crippen molar-refractivity contribution in [2.24, 2.45) is 4.99 Å². The number of benzene rings is 7. The summed E-state index contributed by atoms with van der Waals surface area (Å²) < 4.78 is 4.69. The quantitative estimate of drug-likeness (QED) is 0.151. The highest BCUT2D eigenvalue weighted by atomic mass is 15.1. The molecule has 0 bridgehead atoms. The van der Waals surface area contributed by atoms with Gasteiger partial charge in [0.2, 0.25) is 0 Å². The Kier molecular flexibility index (Phi) is 7.94. The van der Waals surface area contributed by atoms with Crippen LogP contribution in [0.2, 0.25) is 0 Å². The summed E-state index contributed by atoms with van der Waals surface area (Å²) >= 11 is 0. The summed E-state index contributed by atoms with van der Waals surface area (Å²) in [7, 11) is 0. The minimum atomic E-state index is 0.876. The Hall–Kier alpha value is -6.71. The minimum absolute atomic E-state index is 0.876. The normalized spacial score (nSPS) is 12.8. The molecule has 0 unspecified atom stereocenters. The van der Waals surface area contributed by atoms with E-state index in [1.165, 1.54) is 43.7 Å². The lowest BCUT2D eigenvalue weighted by atomic mass is 10.0. The summed E-state index contributed by atoms with van der Waals surface area (Å²) in [6.07, 6.45) is 4.33. The molecule has 9 aromatic rings. The van der Waals surface area contributed by atoms with E-state index in [1.807, 2.05) is 0 Å². The maximum absolute atomic E-state index is 5.44. The van der Waals surface area contributed by atoms with Gasteiger partial charge in [-0.15, -0.1) is 0 Å². The van der Waals surface area contributed by atoms with Crippen LogP contribution in [0.4, 0.5) is 0 Å². The van der Waals surface area contributed by atoms with E-state index in [0.717, 1.165) is 45.0 Å². The standard InChI is InChI=1S/C49H37N3/c1-3-49(50-44(36-19-9-5-10-20-36)31-34(2)35-17-7-4-8-18-35)52-46-26-16-13-23-40(46)42-29-27-38(33-48(42)52)37-28-30-47-43(32-37)41-24-14-15-25-45(41)51(47)39-21-11-6-12-22-39/h3-33H,1-2H3/b34-31+,49-3-,50-44-. The van der Waals surface area contributed by atoms with Gasteiger partial charge >= 0.3 is 0 Å². The topological polar surface area (TPSA) is 22.2 Å². The Bertz CT molecular complexity index is 2830. The van der Waals surface area contributed by atoms with Gasteiger partial charge in [0.25, 0.3) is 0 Å². The van der Waals surface area contributed by atoms with Crippen LogP contribution in [0.25, 0.3) is 71.8 Å². The Morgan fingerprint density at radius 1 is 0.481 bits per heavy atom. The molecule has 2 heterocycles. The zero-order valence-electron chi connectivity index (χ0n) is 29.2. The minimum Gasteiger partial charge on any atom is -0.309 e. The second kappa shape index (κ2) is 13.2. The van der Waals surface area contributed by atoms with Gasteiger partial charge in [-0.1, -0.05) is 133 Å². The van der Waals surface area contributed by atoms with Crippen molar-refractivity contribution in [3.63, 3.8) is 0 Å². The van der Waals surface area contributed by atoms with Crippen molar-refractivity contribution in [1.29, 1.82) is 0 Å². The van der Waals surface area contributed by atoms with Gasteiger partial charge in [-0.25, -0.2) is 4.99 Å². The highest BCUT2D eigenvalue weighted by Gasteiger charge is 2.17. The van der Waals surface area contributed by atoms with Gasteiger partial charge in [-0.3, -0.25) is 4.57 Å². The smallest absolute Gasteiger partial charge is 0.133 e. The third kappa shape index (κ3) is 5.44. The predicted octanol–water partition coefficient (Wildman–Crippen LogP) is 13.0. The van der Waals surface area contributed by atoms with Crippen molar-refractivity contribution < 1.29 is 0 Å². The first-order valence-corrected chi connectivity index (χ1v) is 17.8. The lowest BCUT2D eigenvalue weighted by Gasteiger charge is -2.12. The van der Waals surface area contributed by atoms with E-state index >= 15 is 0 Å². The molecule has 0 fully saturated rings. The van der Waals surface area contributed by atoms with Crippen molar-refractivity contribution in [2.45, 2.75) is 13.8 Å². The zero-order valence-corrected chi connectivity index (χ0v) is 29.2. The van der Waals surface area contributed by atoms with Gasteiger partial charge in [-0.05, 0) is 90.7 Å². The summed E-state index contributed by atoms with van der Waals surface area (Å²) in [5.74, 6) is 0.876. The van der Waals surface area contributed by atoms with Gasteiger partial charge in [0.05, 0.1) is 27.8 Å². The van der Waals surface area contributed by atoms with Crippen LogP contribution in [0.1, 0.15) is 25.0 Å². The predicted molar refractivity (Wildman–Crippen MR) is 222 cm³/mol. The molecule has 0 aliphatic heterocycles. The molecular weight excluding hydrogens is 631 g/mol. The van der Waals surface area contributed by atoms with E-state index in [2.05, 4.69) is 211 Å². The van der Waals surface area contributed by atoms with E-state index in [0.29, 0.717) is 0 Å². The van der Waals surface area contributed by atoms with Crippen LogP contribution in [0, 0.1) is 0 Å². The van der Waals surface area contributed by atoms with Crippen LogP contribution in [-0.2, 0) is 0 Å². The first-order valence-electron chi connectivity index (χ1n) is 17.8. The Morgan fingerprint density at radius 2 is 1.02 bits per heavy atom. The number of rotatable bonds is 7. The molecule has 0 saturated carbocycles. The summed E-state index contributed by atoms with van der Waals surface area (Å²) in [5, 5.41) is 4.89. The van der Waals surface area contributed by atoms with Gasteiger partial charge in [0, 0.05) is 32.8 Å². The number of allylic oxidation sites excluding steroid dienone is 3. The van der Waals surface area contributed by atoms with Crippen LogP contribution in [-0.4, -0.2) is 14.8 Å². The van der Waals surface area contributed by atoms with Crippen LogP contribution in [0.3, 0.4) is 0 Å². The van der Waals surface area contributed by atoms with Crippen LogP contribution in [0.15, 0.2) is 193 Å². The molecular formula is C49H37N3. The first kappa shape index (κ1) is 31.3.